The lowest BCUT2D eigenvalue weighted by atomic mass is 10.2. The van der Waals surface area contributed by atoms with Gasteiger partial charge in [-0.15, -0.1) is 0 Å². The highest BCUT2D eigenvalue weighted by Gasteiger charge is 2.02. The van der Waals surface area contributed by atoms with Gasteiger partial charge in [0.25, 0.3) is 0 Å². The SMILES string of the molecule is Nc1ccccc1Nc1ccc(Oc2ccc(Nc3ccccc3N)cc2)cc1. The summed E-state index contributed by atoms with van der Waals surface area (Å²) in [5, 5.41) is 6.60. The molecule has 0 spiro atoms. The summed E-state index contributed by atoms with van der Waals surface area (Å²) < 4.78 is 5.93. The minimum atomic E-state index is 0.707. The van der Waals surface area contributed by atoms with E-state index in [1.165, 1.54) is 0 Å². The van der Waals surface area contributed by atoms with Gasteiger partial charge in [-0.3, -0.25) is 0 Å². The summed E-state index contributed by atoms with van der Waals surface area (Å²) in [5.74, 6) is 1.51. The highest BCUT2D eigenvalue weighted by molar-refractivity contribution is 5.73. The third-order valence-corrected chi connectivity index (χ3v) is 4.42. The van der Waals surface area contributed by atoms with Crippen molar-refractivity contribution in [2.75, 3.05) is 22.1 Å². The number of hydrogen-bond acceptors (Lipinski definition) is 5. The average Bonchev–Trinajstić information content (AvgIpc) is 2.74. The Kier molecular flexibility index (Phi) is 5.21. The fraction of sp³-hybridized carbons (Fsp3) is 0. The Morgan fingerprint density at radius 2 is 0.862 bits per heavy atom. The number of nitrogens with one attached hydrogen (secondary N) is 2. The van der Waals surface area contributed by atoms with E-state index in [0.29, 0.717) is 11.4 Å². The third-order valence-electron chi connectivity index (χ3n) is 4.42. The van der Waals surface area contributed by atoms with Crippen LogP contribution in [0.5, 0.6) is 11.5 Å². The molecule has 5 nitrogen and oxygen atoms in total. The number of ether oxygens (including phenoxy) is 1. The maximum atomic E-state index is 5.97. The van der Waals surface area contributed by atoms with Gasteiger partial charge in [0.05, 0.1) is 22.7 Å². The molecule has 0 aliphatic carbocycles. The first-order chi connectivity index (χ1) is 14.2. The third kappa shape index (κ3) is 4.59. The molecule has 0 saturated heterocycles. The van der Waals surface area contributed by atoms with Gasteiger partial charge in [0.15, 0.2) is 0 Å². The van der Waals surface area contributed by atoms with Gasteiger partial charge in [-0.25, -0.2) is 0 Å². The fourth-order valence-corrected chi connectivity index (χ4v) is 2.88. The van der Waals surface area contributed by atoms with Gasteiger partial charge in [0.2, 0.25) is 0 Å². The molecule has 4 rings (SSSR count). The number of nitrogen functional groups attached to an aromatic ring is 2. The Morgan fingerprint density at radius 3 is 1.24 bits per heavy atom. The second-order valence-electron chi connectivity index (χ2n) is 6.58. The Hall–Kier alpha value is -4.12. The van der Waals surface area contributed by atoms with E-state index in [0.717, 1.165) is 34.2 Å². The van der Waals surface area contributed by atoms with Crippen LogP contribution in [-0.2, 0) is 0 Å². The van der Waals surface area contributed by atoms with Crippen LogP contribution in [0.3, 0.4) is 0 Å². The average molecular weight is 382 g/mol. The van der Waals surface area contributed by atoms with Crippen molar-refractivity contribution in [1.82, 2.24) is 0 Å². The number of hydrogen-bond donors (Lipinski definition) is 4. The summed E-state index contributed by atoms with van der Waals surface area (Å²) in [6.07, 6.45) is 0. The van der Waals surface area contributed by atoms with Crippen molar-refractivity contribution in [3.63, 3.8) is 0 Å². The molecule has 4 aromatic carbocycles. The van der Waals surface area contributed by atoms with Gasteiger partial charge in [0.1, 0.15) is 11.5 Å². The standard InChI is InChI=1S/C24H22N4O/c25-21-5-1-3-7-23(21)27-17-9-13-19(14-10-17)29-20-15-11-18(12-16-20)28-24-8-4-2-6-22(24)26/h1-16,27-28H,25-26H2. The van der Waals surface area contributed by atoms with Crippen LogP contribution >= 0.6 is 0 Å². The molecule has 0 bridgehead atoms. The van der Waals surface area contributed by atoms with Crippen molar-refractivity contribution in [2.24, 2.45) is 0 Å². The first-order valence-corrected chi connectivity index (χ1v) is 9.28. The van der Waals surface area contributed by atoms with Crippen LogP contribution in [0.1, 0.15) is 0 Å². The quantitative estimate of drug-likeness (QED) is 0.301. The van der Waals surface area contributed by atoms with Gasteiger partial charge in [-0.1, -0.05) is 24.3 Å². The zero-order chi connectivity index (χ0) is 20.1. The van der Waals surface area contributed by atoms with Crippen molar-refractivity contribution in [1.29, 1.82) is 0 Å². The molecule has 0 amide bonds. The van der Waals surface area contributed by atoms with Gasteiger partial charge in [-0.05, 0) is 72.8 Å². The second-order valence-corrected chi connectivity index (χ2v) is 6.58. The normalized spacial score (nSPS) is 10.3. The summed E-state index contributed by atoms with van der Waals surface area (Å²) in [4.78, 5) is 0. The van der Waals surface area contributed by atoms with Gasteiger partial charge in [0, 0.05) is 11.4 Å². The van der Waals surface area contributed by atoms with Crippen LogP contribution in [-0.4, -0.2) is 0 Å². The topological polar surface area (TPSA) is 85.3 Å². The zero-order valence-electron chi connectivity index (χ0n) is 15.8. The molecule has 144 valence electrons. The van der Waals surface area contributed by atoms with Gasteiger partial charge in [-0.2, -0.15) is 0 Å². The Labute approximate surface area is 169 Å². The van der Waals surface area contributed by atoms with E-state index < -0.39 is 0 Å². The molecule has 0 aliphatic rings. The van der Waals surface area contributed by atoms with Crippen LogP contribution in [0.25, 0.3) is 0 Å². The van der Waals surface area contributed by atoms with E-state index in [1.807, 2.05) is 97.1 Å². The highest BCUT2D eigenvalue weighted by atomic mass is 16.5. The van der Waals surface area contributed by atoms with Crippen LogP contribution in [0.15, 0.2) is 97.1 Å². The van der Waals surface area contributed by atoms with Crippen molar-refractivity contribution in [3.8, 4) is 11.5 Å². The minimum Gasteiger partial charge on any atom is -0.457 e. The lowest BCUT2D eigenvalue weighted by molar-refractivity contribution is 0.483. The molecular formula is C24H22N4O. The predicted octanol–water partition coefficient (Wildman–Crippen LogP) is 6.13. The molecular weight excluding hydrogens is 360 g/mol. The fourth-order valence-electron chi connectivity index (χ4n) is 2.88. The van der Waals surface area contributed by atoms with E-state index in [1.54, 1.807) is 0 Å². The summed E-state index contributed by atoms with van der Waals surface area (Å²) in [5.41, 5.74) is 17.0. The smallest absolute Gasteiger partial charge is 0.127 e. The van der Waals surface area contributed by atoms with E-state index in [-0.39, 0.29) is 0 Å². The molecule has 0 heterocycles. The van der Waals surface area contributed by atoms with E-state index in [4.69, 9.17) is 16.2 Å². The van der Waals surface area contributed by atoms with Gasteiger partial charge >= 0.3 is 0 Å². The molecule has 6 N–H and O–H groups in total. The number of rotatable bonds is 6. The largest absolute Gasteiger partial charge is 0.457 e. The maximum absolute atomic E-state index is 5.97. The summed E-state index contributed by atoms with van der Waals surface area (Å²) in [7, 11) is 0. The Bertz CT molecular complexity index is 1000. The molecule has 0 radical (unpaired) electrons. The molecule has 0 unspecified atom stereocenters. The molecule has 0 atom stereocenters. The molecule has 0 saturated carbocycles. The van der Waals surface area contributed by atoms with Crippen molar-refractivity contribution >= 4 is 34.1 Å². The first kappa shape index (κ1) is 18.3. The summed E-state index contributed by atoms with van der Waals surface area (Å²) in [6.45, 7) is 0. The number of para-hydroxylation sites is 4. The number of benzene rings is 4. The van der Waals surface area contributed by atoms with Crippen molar-refractivity contribution < 1.29 is 4.74 Å². The predicted molar refractivity (Wildman–Crippen MR) is 121 cm³/mol. The monoisotopic (exact) mass is 382 g/mol. The molecule has 0 fully saturated rings. The summed E-state index contributed by atoms with van der Waals surface area (Å²) in [6, 6.07) is 30.8. The van der Waals surface area contributed by atoms with E-state index in [2.05, 4.69) is 10.6 Å². The highest BCUT2D eigenvalue weighted by Crippen LogP contribution is 2.28. The van der Waals surface area contributed by atoms with Crippen LogP contribution in [0, 0.1) is 0 Å². The molecule has 0 aromatic heterocycles. The Morgan fingerprint density at radius 1 is 0.483 bits per heavy atom. The number of anilines is 6. The summed E-state index contributed by atoms with van der Waals surface area (Å²) >= 11 is 0. The van der Waals surface area contributed by atoms with E-state index in [9.17, 15) is 0 Å². The van der Waals surface area contributed by atoms with Crippen LogP contribution in [0.4, 0.5) is 34.1 Å². The second kappa shape index (κ2) is 8.27. The maximum Gasteiger partial charge on any atom is 0.127 e. The van der Waals surface area contributed by atoms with Crippen molar-refractivity contribution in [2.45, 2.75) is 0 Å². The van der Waals surface area contributed by atoms with Crippen LogP contribution < -0.4 is 26.8 Å². The number of nitrogens with two attached hydrogens (primary N) is 2. The molecule has 4 aromatic rings. The lowest BCUT2D eigenvalue weighted by Gasteiger charge is -2.12. The lowest BCUT2D eigenvalue weighted by Crippen LogP contribution is -1.96. The molecule has 0 aliphatic heterocycles. The molecule has 29 heavy (non-hydrogen) atoms. The van der Waals surface area contributed by atoms with E-state index >= 15 is 0 Å². The first-order valence-electron chi connectivity index (χ1n) is 9.28. The zero-order valence-corrected chi connectivity index (χ0v) is 15.8. The van der Waals surface area contributed by atoms with Gasteiger partial charge < -0.3 is 26.8 Å². The molecule has 5 heteroatoms. The van der Waals surface area contributed by atoms with Crippen molar-refractivity contribution in [3.05, 3.63) is 97.1 Å². The Balaban J connectivity index is 1.39. The van der Waals surface area contributed by atoms with Crippen LogP contribution in [0.2, 0.25) is 0 Å². The minimum absolute atomic E-state index is 0.707.